The quantitative estimate of drug-likeness (QED) is 0.774. The monoisotopic (exact) mass is 231 g/mol. The van der Waals surface area contributed by atoms with Crippen LogP contribution in [-0.4, -0.2) is 36.1 Å². The molecule has 2 heterocycles. The number of hydrogen-bond donors (Lipinski definition) is 0. The summed E-state index contributed by atoms with van der Waals surface area (Å²) in [6, 6.07) is 9.94. The van der Waals surface area contributed by atoms with Crippen molar-refractivity contribution < 1.29 is 9.53 Å². The fourth-order valence-electron chi connectivity index (χ4n) is 2.70. The van der Waals surface area contributed by atoms with E-state index in [-0.39, 0.29) is 18.1 Å². The fraction of sp³-hybridized carbons (Fsp3) is 0.500. The zero-order valence-electron chi connectivity index (χ0n) is 9.84. The minimum atomic E-state index is 0.233. The molecular formula is C14H17NO2. The predicted octanol–water partition coefficient (Wildman–Crippen LogP) is 1.62. The highest BCUT2D eigenvalue weighted by molar-refractivity contribution is 5.79. The summed E-state index contributed by atoms with van der Waals surface area (Å²) in [5.41, 5.74) is 1.09. The number of ether oxygens (including phenoxy) is 1. The van der Waals surface area contributed by atoms with E-state index in [1.165, 1.54) is 0 Å². The molecule has 2 atom stereocenters. The third kappa shape index (κ3) is 2.34. The first-order chi connectivity index (χ1) is 8.31. The van der Waals surface area contributed by atoms with Crippen LogP contribution in [0.1, 0.15) is 18.4 Å². The van der Waals surface area contributed by atoms with Crippen LogP contribution in [-0.2, 0) is 16.0 Å². The molecular weight excluding hydrogens is 214 g/mol. The van der Waals surface area contributed by atoms with Gasteiger partial charge in [0.1, 0.15) is 0 Å². The van der Waals surface area contributed by atoms with Crippen molar-refractivity contribution in [2.75, 3.05) is 13.1 Å². The molecule has 1 aromatic carbocycles. The summed E-state index contributed by atoms with van der Waals surface area (Å²) >= 11 is 0. The second-order valence-corrected chi connectivity index (χ2v) is 4.92. The average molecular weight is 231 g/mol. The maximum absolute atomic E-state index is 12.2. The van der Waals surface area contributed by atoms with Gasteiger partial charge < -0.3 is 9.64 Å². The van der Waals surface area contributed by atoms with Crippen molar-refractivity contribution in [3.8, 4) is 0 Å². The topological polar surface area (TPSA) is 29.5 Å². The summed E-state index contributed by atoms with van der Waals surface area (Å²) in [4.78, 5) is 14.1. The van der Waals surface area contributed by atoms with Gasteiger partial charge in [-0.25, -0.2) is 0 Å². The molecule has 1 amide bonds. The number of likely N-dealkylation sites (tertiary alicyclic amines) is 1. The minimum Gasteiger partial charge on any atom is -0.371 e. The lowest BCUT2D eigenvalue weighted by molar-refractivity contribution is -0.139. The highest BCUT2D eigenvalue weighted by Gasteiger charge is 2.35. The Morgan fingerprint density at radius 2 is 1.82 bits per heavy atom. The number of fused-ring (bicyclic) bond motifs is 2. The van der Waals surface area contributed by atoms with E-state index < -0.39 is 0 Å². The normalized spacial score (nSPS) is 27.2. The van der Waals surface area contributed by atoms with Crippen LogP contribution in [0.2, 0.25) is 0 Å². The van der Waals surface area contributed by atoms with Gasteiger partial charge in [-0.2, -0.15) is 0 Å². The van der Waals surface area contributed by atoms with Crippen molar-refractivity contribution in [2.24, 2.45) is 0 Å². The van der Waals surface area contributed by atoms with Crippen LogP contribution in [0.25, 0.3) is 0 Å². The van der Waals surface area contributed by atoms with E-state index in [0.717, 1.165) is 31.5 Å². The third-order valence-corrected chi connectivity index (χ3v) is 3.59. The zero-order chi connectivity index (χ0) is 11.7. The first kappa shape index (κ1) is 10.8. The molecule has 0 N–H and O–H groups in total. The lowest BCUT2D eigenvalue weighted by Gasteiger charge is -2.32. The summed E-state index contributed by atoms with van der Waals surface area (Å²) in [5.74, 6) is 0.233. The average Bonchev–Trinajstić information content (AvgIpc) is 2.69. The number of nitrogens with zero attached hydrogens (tertiary/aromatic N) is 1. The second kappa shape index (κ2) is 4.49. The molecule has 0 aromatic heterocycles. The van der Waals surface area contributed by atoms with Gasteiger partial charge in [0.15, 0.2) is 0 Å². The van der Waals surface area contributed by atoms with E-state index >= 15 is 0 Å². The fourth-order valence-corrected chi connectivity index (χ4v) is 2.70. The number of rotatable bonds is 2. The smallest absolute Gasteiger partial charge is 0.227 e. The highest BCUT2D eigenvalue weighted by Crippen LogP contribution is 2.26. The maximum Gasteiger partial charge on any atom is 0.227 e. The van der Waals surface area contributed by atoms with Gasteiger partial charge in [-0.15, -0.1) is 0 Å². The SMILES string of the molecule is O=C(Cc1ccccc1)N1CC2CCC(C1)O2. The molecule has 0 saturated carbocycles. The molecule has 2 fully saturated rings. The van der Waals surface area contributed by atoms with Crippen molar-refractivity contribution in [1.29, 1.82) is 0 Å². The number of carbonyl (C=O) groups excluding carboxylic acids is 1. The predicted molar refractivity (Wildman–Crippen MR) is 64.6 cm³/mol. The molecule has 2 bridgehead atoms. The Bertz CT molecular complexity index is 392. The first-order valence-corrected chi connectivity index (χ1v) is 6.28. The third-order valence-electron chi connectivity index (χ3n) is 3.59. The van der Waals surface area contributed by atoms with Crippen molar-refractivity contribution in [1.82, 2.24) is 4.90 Å². The van der Waals surface area contributed by atoms with E-state index in [0.29, 0.717) is 6.42 Å². The number of amides is 1. The lowest BCUT2D eigenvalue weighted by atomic mass is 10.1. The van der Waals surface area contributed by atoms with Gasteiger partial charge in [0.05, 0.1) is 18.6 Å². The van der Waals surface area contributed by atoms with Crippen LogP contribution in [0.4, 0.5) is 0 Å². The first-order valence-electron chi connectivity index (χ1n) is 6.28. The molecule has 17 heavy (non-hydrogen) atoms. The Morgan fingerprint density at radius 3 is 2.47 bits per heavy atom. The molecule has 3 nitrogen and oxygen atoms in total. The van der Waals surface area contributed by atoms with Crippen LogP contribution in [0, 0.1) is 0 Å². The van der Waals surface area contributed by atoms with Crippen molar-refractivity contribution in [3.05, 3.63) is 35.9 Å². The Kier molecular flexibility index (Phi) is 2.85. The summed E-state index contributed by atoms with van der Waals surface area (Å²) in [6.07, 6.45) is 3.31. The van der Waals surface area contributed by atoms with Gasteiger partial charge in [-0.1, -0.05) is 30.3 Å². The van der Waals surface area contributed by atoms with Crippen molar-refractivity contribution in [2.45, 2.75) is 31.5 Å². The molecule has 90 valence electrons. The zero-order valence-corrected chi connectivity index (χ0v) is 9.84. The van der Waals surface area contributed by atoms with Crippen LogP contribution in [0.15, 0.2) is 30.3 Å². The second-order valence-electron chi connectivity index (χ2n) is 4.92. The van der Waals surface area contributed by atoms with Gasteiger partial charge in [-0.05, 0) is 18.4 Å². The van der Waals surface area contributed by atoms with E-state index in [9.17, 15) is 4.79 Å². The molecule has 2 aliphatic heterocycles. The molecule has 3 heteroatoms. The Labute approximate surface area is 101 Å². The Hall–Kier alpha value is -1.35. The highest BCUT2D eigenvalue weighted by atomic mass is 16.5. The molecule has 0 aliphatic carbocycles. The number of carbonyl (C=O) groups is 1. The molecule has 2 saturated heterocycles. The Morgan fingerprint density at radius 1 is 1.18 bits per heavy atom. The van der Waals surface area contributed by atoms with Crippen molar-refractivity contribution >= 4 is 5.91 Å². The van der Waals surface area contributed by atoms with Crippen LogP contribution in [0.5, 0.6) is 0 Å². The largest absolute Gasteiger partial charge is 0.371 e. The van der Waals surface area contributed by atoms with E-state index in [2.05, 4.69) is 0 Å². The van der Waals surface area contributed by atoms with Gasteiger partial charge in [0.2, 0.25) is 5.91 Å². The minimum absolute atomic E-state index is 0.233. The van der Waals surface area contributed by atoms with E-state index in [1.807, 2.05) is 35.2 Å². The van der Waals surface area contributed by atoms with Gasteiger partial charge >= 0.3 is 0 Å². The van der Waals surface area contributed by atoms with Gasteiger partial charge in [0, 0.05) is 13.1 Å². The number of morpholine rings is 1. The van der Waals surface area contributed by atoms with E-state index in [4.69, 9.17) is 4.74 Å². The molecule has 0 spiro atoms. The summed E-state index contributed by atoms with van der Waals surface area (Å²) in [5, 5.41) is 0. The summed E-state index contributed by atoms with van der Waals surface area (Å²) in [6.45, 7) is 1.56. The number of benzene rings is 1. The standard InChI is InChI=1S/C14H17NO2/c16-14(8-11-4-2-1-3-5-11)15-9-12-6-7-13(10-15)17-12/h1-5,12-13H,6-10H2. The molecule has 2 aliphatic rings. The molecule has 1 aromatic rings. The van der Waals surface area contributed by atoms with Crippen LogP contribution in [0.3, 0.4) is 0 Å². The number of hydrogen-bond acceptors (Lipinski definition) is 2. The van der Waals surface area contributed by atoms with Crippen LogP contribution < -0.4 is 0 Å². The molecule has 2 unspecified atom stereocenters. The summed E-state index contributed by atoms with van der Waals surface area (Å²) < 4.78 is 5.73. The Balaban J connectivity index is 1.63. The lowest BCUT2D eigenvalue weighted by Crippen LogP contribution is -2.46. The van der Waals surface area contributed by atoms with Crippen molar-refractivity contribution in [3.63, 3.8) is 0 Å². The molecule has 0 radical (unpaired) electrons. The molecule has 3 rings (SSSR count). The summed E-state index contributed by atoms with van der Waals surface area (Å²) in [7, 11) is 0. The van der Waals surface area contributed by atoms with Crippen LogP contribution >= 0.6 is 0 Å². The maximum atomic E-state index is 12.2. The van der Waals surface area contributed by atoms with E-state index in [1.54, 1.807) is 0 Å². The van der Waals surface area contributed by atoms with Gasteiger partial charge in [0.25, 0.3) is 0 Å². The van der Waals surface area contributed by atoms with Gasteiger partial charge in [-0.3, -0.25) is 4.79 Å².